The number of hydrogen-bond acceptors (Lipinski definition) is 4. The topological polar surface area (TPSA) is 66.8 Å². The van der Waals surface area contributed by atoms with Crippen molar-refractivity contribution < 1.29 is 23.8 Å². The number of halogens is 1. The highest BCUT2D eigenvalue weighted by atomic mass is 32.1. The molecule has 5 nitrogen and oxygen atoms in total. The number of carbonyl (C=O) groups excluding carboxylic acids is 1. The van der Waals surface area contributed by atoms with Crippen LogP contribution in [0.5, 0.6) is 0 Å². The molecule has 0 bridgehead atoms. The molecule has 1 N–H and O–H groups in total. The lowest BCUT2D eigenvalue weighted by molar-refractivity contribution is -0.155. The van der Waals surface area contributed by atoms with Gasteiger partial charge in [-0.15, -0.1) is 11.3 Å². The Kier molecular flexibility index (Phi) is 5.92. The molecule has 0 radical (unpaired) electrons. The van der Waals surface area contributed by atoms with Gasteiger partial charge in [-0.1, -0.05) is 12.1 Å². The van der Waals surface area contributed by atoms with Crippen LogP contribution in [0.1, 0.15) is 31.6 Å². The molecule has 1 fully saturated rings. The second-order valence-electron chi connectivity index (χ2n) is 6.86. The van der Waals surface area contributed by atoms with Crippen molar-refractivity contribution in [2.45, 2.75) is 51.5 Å². The van der Waals surface area contributed by atoms with Crippen LogP contribution >= 0.6 is 11.3 Å². The van der Waals surface area contributed by atoms with E-state index in [2.05, 4.69) is 0 Å². The van der Waals surface area contributed by atoms with E-state index in [1.54, 1.807) is 28.4 Å². The van der Waals surface area contributed by atoms with Gasteiger partial charge in [0.15, 0.2) is 6.10 Å². The molecule has 1 aliphatic heterocycles. The van der Waals surface area contributed by atoms with Crippen molar-refractivity contribution >= 4 is 23.2 Å². The van der Waals surface area contributed by atoms with E-state index < -0.39 is 18.2 Å². The zero-order valence-electron chi connectivity index (χ0n) is 15.2. The van der Waals surface area contributed by atoms with Crippen LogP contribution in [-0.2, 0) is 20.9 Å². The van der Waals surface area contributed by atoms with Crippen LogP contribution in [0, 0.1) is 5.82 Å². The van der Waals surface area contributed by atoms with Gasteiger partial charge in [0.25, 0.3) is 5.91 Å². The van der Waals surface area contributed by atoms with E-state index in [9.17, 15) is 14.0 Å². The standard InChI is InChI=1S/C20H22FNO4S/c1-12(2)22(19(23)16-8-9-17(26-16)20(24)25)11-15-7-10-18(27-15)13-3-5-14(21)6-4-13/h3-7,10,12,16-17H,8-9,11H2,1-2H3,(H,24,25)/t16-,17+/m0/s1. The molecule has 2 atom stereocenters. The fourth-order valence-corrected chi connectivity index (χ4v) is 4.11. The summed E-state index contributed by atoms with van der Waals surface area (Å²) in [5.41, 5.74) is 0.929. The molecule has 1 saturated heterocycles. The summed E-state index contributed by atoms with van der Waals surface area (Å²) in [5, 5.41) is 9.05. The first kappa shape index (κ1) is 19.5. The second kappa shape index (κ2) is 8.19. The third kappa shape index (κ3) is 4.54. The highest BCUT2D eigenvalue weighted by molar-refractivity contribution is 7.15. The Bertz CT molecular complexity index is 818. The van der Waals surface area contributed by atoms with Crippen LogP contribution < -0.4 is 0 Å². The summed E-state index contributed by atoms with van der Waals surface area (Å²) >= 11 is 1.55. The van der Waals surface area contributed by atoms with Crippen LogP contribution in [0.4, 0.5) is 4.39 Å². The third-order valence-corrected chi connectivity index (χ3v) is 5.71. The lowest BCUT2D eigenvalue weighted by atomic mass is 10.1. The molecule has 2 heterocycles. The summed E-state index contributed by atoms with van der Waals surface area (Å²) in [4.78, 5) is 27.6. The van der Waals surface area contributed by atoms with E-state index in [0.29, 0.717) is 19.4 Å². The Morgan fingerprint density at radius 2 is 1.85 bits per heavy atom. The Morgan fingerprint density at radius 1 is 1.19 bits per heavy atom. The number of aliphatic carboxylic acids is 1. The molecule has 0 spiro atoms. The first-order valence-corrected chi connectivity index (χ1v) is 9.70. The van der Waals surface area contributed by atoms with Gasteiger partial charge in [-0.25, -0.2) is 9.18 Å². The Hall–Kier alpha value is -2.25. The Morgan fingerprint density at radius 3 is 2.44 bits per heavy atom. The maximum absolute atomic E-state index is 13.1. The number of thiophene rings is 1. The van der Waals surface area contributed by atoms with E-state index in [1.807, 2.05) is 26.0 Å². The summed E-state index contributed by atoms with van der Waals surface area (Å²) in [5.74, 6) is -1.47. The van der Waals surface area contributed by atoms with E-state index in [0.717, 1.165) is 15.3 Å². The van der Waals surface area contributed by atoms with Crippen LogP contribution in [0.3, 0.4) is 0 Å². The molecule has 144 valence electrons. The minimum Gasteiger partial charge on any atom is -0.479 e. The molecule has 0 unspecified atom stereocenters. The molecular formula is C20H22FNO4S. The fourth-order valence-electron chi connectivity index (χ4n) is 3.10. The molecule has 2 aromatic rings. The molecule has 0 saturated carbocycles. The van der Waals surface area contributed by atoms with Gasteiger partial charge >= 0.3 is 5.97 Å². The number of carboxylic acid groups (broad SMARTS) is 1. The average molecular weight is 391 g/mol. The number of ether oxygens (including phenoxy) is 1. The van der Waals surface area contributed by atoms with E-state index in [4.69, 9.17) is 9.84 Å². The number of carboxylic acids is 1. The lowest BCUT2D eigenvalue weighted by Gasteiger charge is -2.28. The van der Waals surface area contributed by atoms with Gasteiger partial charge in [0.2, 0.25) is 0 Å². The normalized spacial score (nSPS) is 19.4. The van der Waals surface area contributed by atoms with Gasteiger partial charge in [0.1, 0.15) is 11.9 Å². The molecule has 3 rings (SSSR count). The van der Waals surface area contributed by atoms with E-state index >= 15 is 0 Å². The second-order valence-corrected chi connectivity index (χ2v) is 8.03. The van der Waals surface area contributed by atoms with Crippen LogP contribution in [-0.4, -0.2) is 40.1 Å². The molecular weight excluding hydrogens is 369 g/mol. The van der Waals surface area contributed by atoms with Gasteiger partial charge in [0.05, 0.1) is 6.54 Å². The number of carbonyl (C=O) groups is 2. The Labute approximate surface area is 161 Å². The van der Waals surface area contributed by atoms with Crippen LogP contribution in [0.2, 0.25) is 0 Å². The fraction of sp³-hybridized carbons (Fsp3) is 0.400. The lowest BCUT2D eigenvalue weighted by Crippen LogP contribution is -2.43. The summed E-state index contributed by atoms with van der Waals surface area (Å²) in [6.07, 6.45) is -0.833. The maximum Gasteiger partial charge on any atom is 0.332 e. The summed E-state index contributed by atoms with van der Waals surface area (Å²) < 4.78 is 18.5. The van der Waals surface area contributed by atoms with Crippen molar-refractivity contribution in [3.63, 3.8) is 0 Å². The first-order chi connectivity index (χ1) is 12.8. The van der Waals surface area contributed by atoms with Crippen LogP contribution in [0.15, 0.2) is 36.4 Å². The van der Waals surface area contributed by atoms with Crippen LogP contribution in [0.25, 0.3) is 10.4 Å². The summed E-state index contributed by atoms with van der Waals surface area (Å²) in [6, 6.07) is 10.2. The number of benzene rings is 1. The molecule has 7 heteroatoms. The third-order valence-electron chi connectivity index (χ3n) is 4.59. The van der Waals surface area contributed by atoms with Crippen molar-refractivity contribution in [3.8, 4) is 10.4 Å². The molecule has 0 aliphatic carbocycles. The Balaban J connectivity index is 1.71. The smallest absolute Gasteiger partial charge is 0.332 e. The largest absolute Gasteiger partial charge is 0.479 e. The highest BCUT2D eigenvalue weighted by Gasteiger charge is 2.37. The predicted octanol–water partition coefficient (Wildman–Crippen LogP) is 3.92. The minimum absolute atomic E-state index is 0.0404. The number of amides is 1. The monoisotopic (exact) mass is 391 g/mol. The zero-order valence-corrected chi connectivity index (χ0v) is 16.0. The first-order valence-electron chi connectivity index (χ1n) is 8.88. The quantitative estimate of drug-likeness (QED) is 0.810. The van der Waals surface area contributed by atoms with Crippen molar-refractivity contribution in [2.24, 2.45) is 0 Å². The molecule has 1 aromatic heterocycles. The van der Waals surface area contributed by atoms with E-state index in [-0.39, 0.29) is 17.8 Å². The SMILES string of the molecule is CC(C)N(Cc1ccc(-c2ccc(F)cc2)s1)C(=O)[C@@H]1CC[C@H](C(=O)O)O1. The van der Waals surface area contributed by atoms with Crippen molar-refractivity contribution in [1.82, 2.24) is 4.90 Å². The van der Waals surface area contributed by atoms with Crippen molar-refractivity contribution in [2.75, 3.05) is 0 Å². The van der Waals surface area contributed by atoms with Crippen molar-refractivity contribution in [3.05, 3.63) is 47.1 Å². The van der Waals surface area contributed by atoms with E-state index in [1.165, 1.54) is 12.1 Å². The maximum atomic E-state index is 13.1. The number of hydrogen-bond donors (Lipinski definition) is 1. The summed E-state index contributed by atoms with van der Waals surface area (Å²) in [6.45, 7) is 4.28. The number of nitrogens with zero attached hydrogens (tertiary/aromatic N) is 1. The van der Waals surface area contributed by atoms with Gasteiger partial charge in [-0.3, -0.25) is 4.79 Å². The van der Waals surface area contributed by atoms with Gasteiger partial charge < -0.3 is 14.7 Å². The van der Waals surface area contributed by atoms with Gasteiger partial charge in [-0.2, -0.15) is 0 Å². The van der Waals surface area contributed by atoms with Gasteiger partial charge in [-0.05, 0) is 56.5 Å². The average Bonchev–Trinajstić information content (AvgIpc) is 3.29. The van der Waals surface area contributed by atoms with Crippen molar-refractivity contribution in [1.29, 1.82) is 0 Å². The number of rotatable bonds is 6. The summed E-state index contributed by atoms with van der Waals surface area (Å²) in [7, 11) is 0. The van der Waals surface area contributed by atoms with Gasteiger partial charge in [0, 0.05) is 15.8 Å². The molecule has 27 heavy (non-hydrogen) atoms. The minimum atomic E-state index is -1.02. The molecule has 1 amide bonds. The zero-order chi connectivity index (χ0) is 19.6. The highest BCUT2D eigenvalue weighted by Crippen LogP contribution is 2.30. The molecule has 1 aromatic carbocycles. The predicted molar refractivity (Wildman–Crippen MR) is 101 cm³/mol. The molecule has 1 aliphatic rings.